The number of amides is 1. The fourth-order valence-electron chi connectivity index (χ4n) is 4.19. The first-order valence-corrected chi connectivity index (χ1v) is 7.72. The molecule has 2 aliphatic heterocycles. The van der Waals surface area contributed by atoms with Crippen LogP contribution in [0.2, 0.25) is 0 Å². The molecule has 1 aliphatic carbocycles. The summed E-state index contributed by atoms with van der Waals surface area (Å²) in [4.78, 5) is 15.1. The third-order valence-corrected chi connectivity index (χ3v) is 5.53. The Hall–Kier alpha value is -0.570. The van der Waals surface area contributed by atoms with Crippen molar-refractivity contribution in [2.45, 2.75) is 45.4 Å². The van der Waals surface area contributed by atoms with Gasteiger partial charge < -0.3 is 10.2 Å². The van der Waals surface area contributed by atoms with E-state index < -0.39 is 0 Å². The van der Waals surface area contributed by atoms with Gasteiger partial charge >= 0.3 is 0 Å². The van der Waals surface area contributed by atoms with Crippen LogP contribution in [0.1, 0.15) is 45.4 Å². The molecular weight excluding hydrogens is 224 g/mol. The van der Waals surface area contributed by atoms with Crippen molar-refractivity contribution in [2.24, 2.45) is 17.3 Å². The molecule has 3 nitrogen and oxygen atoms in total. The molecule has 2 atom stereocenters. The molecule has 0 spiro atoms. The van der Waals surface area contributed by atoms with Crippen molar-refractivity contribution < 1.29 is 4.79 Å². The monoisotopic (exact) mass is 250 g/mol. The van der Waals surface area contributed by atoms with Gasteiger partial charge in [-0.15, -0.1) is 0 Å². The Morgan fingerprint density at radius 3 is 2.78 bits per heavy atom. The first-order chi connectivity index (χ1) is 8.72. The SMILES string of the molecule is CC1CCN(C(=O)[C@@]23CCCC[C@H]2CNC3)CC1. The second-order valence-corrected chi connectivity index (χ2v) is 6.70. The molecular formula is C15H26N2O. The summed E-state index contributed by atoms with van der Waals surface area (Å²) in [6.45, 7) is 6.29. The highest BCUT2D eigenvalue weighted by molar-refractivity contribution is 5.84. The van der Waals surface area contributed by atoms with E-state index in [0.29, 0.717) is 11.8 Å². The zero-order valence-electron chi connectivity index (χ0n) is 11.6. The van der Waals surface area contributed by atoms with Gasteiger partial charge in [0.15, 0.2) is 0 Å². The summed E-state index contributed by atoms with van der Waals surface area (Å²) in [5, 5.41) is 3.49. The lowest BCUT2D eigenvalue weighted by molar-refractivity contribution is -0.146. The van der Waals surface area contributed by atoms with Crippen LogP contribution < -0.4 is 5.32 Å². The van der Waals surface area contributed by atoms with E-state index in [0.717, 1.165) is 38.5 Å². The average molecular weight is 250 g/mol. The van der Waals surface area contributed by atoms with Crippen molar-refractivity contribution >= 4 is 5.91 Å². The van der Waals surface area contributed by atoms with Crippen molar-refractivity contribution in [1.82, 2.24) is 10.2 Å². The summed E-state index contributed by atoms with van der Waals surface area (Å²) >= 11 is 0. The lowest BCUT2D eigenvalue weighted by Crippen LogP contribution is -2.51. The first-order valence-electron chi connectivity index (χ1n) is 7.72. The first kappa shape index (κ1) is 12.5. The Morgan fingerprint density at radius 1 is 1.22 bits per heavy atom. The van der Waals surface area contributed by atoms with E-state index in [-0.39, 0.29) is 5.41 Å². The molecule has 102 valence electrons. The van der Waals surface area contributed by atoms with E-state index in [1.54, 1.807) is 0 Å². The Morgan fingerprint density at radius 2 is 2.00 bits per heavy atom. The van der Waals surface area contributed by atoms with E-state index in [9.17, 15) is 4.79 Å². The Balaban J connectivity index is 1.74. The van der Waals surface area contributed by atoms with Crippen LogP contribution in [0, 0.1) is 17.3 Å². The maximum atomic E-state index is 12.9. The van der Waals surface area contributed by atoms with Crippen LogP contribution in [-0.4, -0.2) is 37.0 Å². The van der Waals surface area contributed by atoms with E-state index >= 15 is 0 Å². The van der Waals surface area contributed by atoms with Crippen molar-refractivity contribution in [3.05, 3.63) is 0 Å². The fourth-order valence-corrected chi connectivity index (χ4v) is 4.19. The highest BCUT2D eigenvalue weighted by Crippen LogP contribution is 2.45. The van der Waals surface area contributed by atoms with Crippen molar-refractivity contribution in [3.63, 3.8) is 0 Å². The number of hydrogen-bond donors (Lipinski definition) is 1. The minimum absolute atomic E-state index is 0.0289. The van der Waals surface area contributed by atoms with Gasteiger partial charge in [0.05, 0.1) is 5.41 Å². The minimum Gasteiger partial charge on any atom is -0.342 e. The van der Waals surface area contributed by atoms with Gasteiger partial charge in [-0.25, -0.2) is 0 Å². The topological polar surface area (TPSA) is 32.3 Å². The minimum atomic E-state index is -0.0289. The molecule has 3 rings (SSSR count). The highest BCUT2D eigenvalue weighted by atomic mass is 16.2. The molecule has 0 aromatic heterocycles. The van der Waals surface area contributed by atoms with Gasteiger partial charge in [0.1, 0.15) is 0 Å². The maximum absolute atomic E-state index is 12.9. The third-order valence-electron chi connectivity index (χ3n) is 5.53. The van der Waals surface area contributed by atoms with Gasteiger partial charge in [-0.2, -0.15) is 0 Å². The predicted molar refractivity (Wildman–Crippen MR) is 72.2 cm³/mol. The molecule has 3 fully saturated rings. The lowest BCUT2D eigenvalue weighted by atomic mass is 9.67. The smallest absolute Gasteiger partial charge is 0.230 e. The maximum Gasteiger partial charge on any atom is 0.230 e. The molecule has 0 bridgehead atoms. The van der Waals surface area contributed by atoms with Gasteiger partial charge in [-0.1, -0.05) is 19.8 Å². The third kappa shape index (κ3) is 1.97. The molecule has 0 unspecified atom stereocenters. The van der Waals surface area contributed by atoms with E-state index in [1.807, 2.05) is 0 Å². The lowest BCUT2D eigenvalue weighted by Gasteiger charge is -2.42. The Labute approximate surface area is 110 Å². The number of nitrogens with one attached hydrogen (secondary N) is 1. The van der Waals surface area contributed by atoms with E-state index in [1.165, 1.54) is 32.1 Å². The van der Waals surface area contributed by atoms with Crippen LogP contribution in [0.4, 0.5) is 0 Å². The molecule has 3 heteroatoms. The quantitative estimate of drug-likeness (QED) is 0.772. The standard InChI is InChI=1S/C15H26N2O/c1-12-5-8-17(9-6-12)14(18)15-7-3-2-4-13(15)10-16-11-15/h12-13,16H,2-11H2,1H3/t13-,15+/m0/s1. The second-order valence-electron chi connectivity index (χ2n) is 6.70. The van der Waals surface area contributed by atoms with E-state index in [2.05, 4.69) is 17.1 Å². The number of piperidine rings is 1. The average Bonchev–Trinajstić information content (AvgIpc) is 2.83. The highest BCUT2D eigenvalue weighted by Gasteiger charge is 2.51. The van der Waals surface area contributed by atoms with Crippen LogP contribution in [0.3, 0.4) is 0 Å². The van der Waals surface area contributed by atoms with Crippen molar-refractivity contribution in [3.8, 4) is 0 Å². The van der Waals surface area contributed by atoms with Gasteiger partial charge in [0.25, 0.3) is 0 Å². The van der Waals surface area contributed by atoms with Gasteiger partial charge in [0.2, 0.25) is 5.91 Å². The Kier molecular flexibility index (Phi) is 3.35. The molecule has 3 aliphatic rings. The fraction of sp³-hybridized carbons (Fsp3) is 0.933. The zero-order chi connectivity index (χ0) is 12.6. The van der Waals surface area contributed by atoms with Gasteiger partial charge in [-0.05, 0) is 44.1 Å². The second kappa shape index (κ2) is 4.84. The van der Waals surface area contributed by atoms with Crippen molar-refractivity contribution in [1.29, 1.82) is 0 Å². The normalized spacial score (nSPS) is 37.6. The number of likely N-dealkylation sites (tertiary alicyclic amines) is 1. The molecule has 0 aromatic rings. The molecule has 1 N–H and O–H groups in total. The van der Waals surface area contributed by atoms with Gasteiger partial charge in [0, 0.05) is 19.6 Å². The molecule has 1 saturated carbocycles. The number of carbonyl (C=O) groups is 1. The molecule has 1 amide bonds. The van der Waals surface area contributed by atoms with Crippen LogP contribution in [-0.2, 0) is 4.79 Å². The molecule has 18 heavy (non-hydrogen) atoms. The number of rotatable bonds is 1. The summed E-state index contributed by atoms with van der Waals surface area (Å²) in [6.07, 6.45) is 7.32. The van der Waals surface area contributed by atoms with E-state index in [4.69, 9.17) is 0 Å². The largest absolute Gasteiger partial charge is 0.342 e. The predicted octanol–water partition coefficient (Wildman–Crippen LogP) is 2.02. The molecule has 2 heterocycles. The summed E-state index contributed by atoms with van der Waals surface area (Å²) < 4.78 is 0. The van der Waals surface area contributed by atoms with Crippen LogP contribution >= 0.6 is 0 Å². The summed E-state index contributed by atoms with van der Waals surface area (Å²) in [5.41, 5.74) is -0.0289. The van der Waals surface area contributed by atoms with Crippen LogP contribution in [0.15, 0.2) is 0 Å². The molecule has 2 saturated heterocycles. The van der Waals surface area contributed by atoms with Crippen molar-refractivity contribution in [2.75, 3.05) is 26.2 Å². The zero-order valence-corrected chi connectivity index (χ0v) is 11.6. The summed E-state index contributed by atoms with van der Waals surface area (Å²) in [5.74, 6) is 1.89. The number of fused-ring (bicyclic) bond motifs is 1. The van der Waals surface area contributed by atoms with Gasteiger partial charge in [-0.3, -0.25) is 4.79 Å². The van der Waals surface area contributed by atoms with Crippen LogP contribution in [0.25, 0.3) is 0 Å². The number of nitrogens with zero attached hydrogens (tertiary/aromatic N) is 1. The number of carbonyl (C=O) groups excluding carboxylic acids is 1. The Bertz CT molecular complexity index is 322. The number of hydrogen-bond acceptors (Lipinski definition) is 2. The summed E-state index contributed by atoms with van der Waals surface area (Å²) in [6, 6.07) is 0. The summed E-state index contributed by atoms with van der Waals surface area (Å²) in [7, 11) is 0. The van der Waals surface area contributed by atoms with Crippen LogP contribution in [0.5, 0.6) is 0 Å². The molecule has 0 radical (unpaired) electrons. The molecule has 0 aromatic carbocycles.